The van der Waals surface area contributed by atoms with Gasteiger partial charge < -0.3 is 0 Å². The zero-order valence-electron chi connectivity index (χ0n) is 10.6. The minimum absolute atomic E-state index is 0.107. The summed E-state index contributed by atoms with van der Waals surface area (Å²) in [6.45, 7) is 0. The highest BCUT2D eigenvalue weighted by Crippen LogP contribution is 2.24. The average molecular weight is 304 g/mol. The van der Waals surface area contributed by atoms with E-state index in [-0.39, 0.29) is 5.88 Å². The number of hydrogen-bond donors (Lipinski definition) is 0. The van der Waals surface area contributed by atoms with E-state index in [2.05, 4.69) is 4.98 Å². The van der Waals surface area contributed by atoms with Crippen molar-refractivity contribution in [1.82, 2.24) is 9.55 Å². The van der Waals surface area contributed by atoms with Crippen molar-refractivity contribution in [3.8, 4) is 11.8 Å². The molecule has 6 heteroatoms. The molecule has 0 aliphatic heterocycles. The third-order valence-corrected chi connectivity index (χ3v) is 3.37. The molecule has 104 valence electrons. The molecule has 0 saturated heterocycles. The third-order valence-electron chi connectivity index (χ3n) is 3.13. The minimum atomic E-state index is -0.952. The Morgan fingerprint density at radius 1 is 1.14 bits per heavy atom. The first-order valence-electron chi connectivity index (χ1n) is 6.07. The van der Waals surface area contributed by atoms with Crippen molar-refractivity contribution in [2.75, 3.05) is 0 Å². The van der Waals surface area contributed by atoms with Gasteiger partial charge in [0.15, 0.2) is 11.6 Å². The predicted octanol–water partition coefficient (Wildman–Crippen LogP) is 3.91. The van der Waals surface area contributed by atoms with Crippen molar-refractivity contribution in [2.24, 2.45) is 0 Å². The normalized spacial score (nSPS) is 10.8. The van der Waals surface area contributed by atoms with Gasteiger partial charge in [0.25, 0.3) is 0 Å². The topological polar surface area (TPSA) is 41.6 Å². The maximum atomic E-state index is 13.5. The fourth-order valence-electron chi connectivity index (χ4n) is 2.20. The summed E-state index contributed by atoms with van der Waals surface area (Å²) in [4.78, 5) is 4.34. The molecular weight excluding hydrogens is 296 g/mol. The number of nitriles is 1. The molecule has 0 radical (unpaired) electrons. The minimum Gasteiger partial charge on any atom is -0.295 e. The van der Waals surface area contributed by atoms with Crippen LogP contribution in [-0.2, 0) is 5.88 Å². The summed E-state index contributed by atoms with van der Waals surface area (Å²) in [5, 5.41) is 8.99. The fourth-order valence-corrected chi connectivity index (χ4v) is 2.38. The monoisotopic (exact) mass is 303 g/mol. The number of rotatable bonds is 2. The van der Waals surface area contributed by atoms with Crippen LogP contribution >= 0.6 is 11.6 Å². The largest absolute Gasteiger partial charge is 0.295 e. The summed E-state index contributed by atoms with van der Waals surface area (Å²) in [6.07, 6.45) is 0. The van der Waals surface area contributed by atoms with E-state index in [1.54, 1.807) is 22.8 Å². The van der Waals surface area contributed by atoms with Gasteiger partial charge in [-0.15, -0.1) is 11.6 Å². The van der Waals surface area contributed by atoms with Crippen molar-refractivity contribution >= 4 is 22.6 Å². The third kappa shape index (κ3) is 2.24. The SMILES string of the molecule is N#Cc1ccc2nc(CCl)n(-c3ccc(F)c(F)c3)c2c1. The average Bonchev–Trinajstić information content (AvgIpc) is 2.87. The van der Waals surface area contributed by atoms with Crippen LogP contribution in [0.5, 0.6) is 0 Å². The highest BCUT2D eigenvalue weighted by Gasteiger charge is 2.14. The molecule has 0 unspecified atom stereocenters. The molecule has 3 aromatic rings. The molecule has 0 spiro atoms. The van der Waals surface area contributed by atoms with Gasteiger partial charge in [-0.3, -0.25) is 4.57 Å². The van der Waals surface area contributed by atoms with E-state index in [0.29, 0.717) is 28.1 Å². The summed E-state index contributed by atoms with van der Waals surface area (Å²) in [5.41, 5.74) is 2.11. The van der Waals surface area contributed by atoms with E-state index < -0.39 is 11.6 Å². The molecule has 21 heavy (non-hydrogen) atoms. The van der Waals surface area contributed by atoms with Crippen LogP contribution in [0.2, 0.25) is 0 Å². The van der Waals surface area contributed by atoms with E-state index in [1.807, 2.05) is 6.07 Å². The highest BCUT2D eigenvalue weighted by molar-refractivity contribution is 6.17. The van der Waals surface area contributed by atoms with Crippen molar-refractivity contribution in [1.29, 1.82) is 5.26 Å². The van der Waals surface area contributed by atoms with Crippen LogP contribution in [0.4, 0.5) is 8.78 Å². The lowest BCUT2D eigenvalue weighted by Crippen LogP contribution is -2.00. The van der Waals surface area contributed by atoms with Gasteiger partial charge in [-0.1, -0.05) is 0 Å². The van der Waals surface area contributed by atoms with E-state index >= 15 is 0 Å². The van der Waals surface area contributed by atoms with Crippen LogP contribution in [0.25, 0.3) is 16.7 Å². The zero-order valence-corrected chi connectivity index (χ0v) is 11.4. The first kappa shape index (κ1) is 13.5. The number of alkyl halides is 1. The number of nitrogens with zero attached hydrogens (tertiary/aromatic N) is 3. The van der Waals surface area contributed by atoms with E-state index in [1.165, 1.54) is 6.07 Å². The van der Waals surface area contributed by atoms with Crippen LogP contribution in [0, 0.1) is 23.0 Å². The molecule has 2 aromatic carbocycles. The molecular formula is C15H8ClF2N3. The number of aromatic nitrogens is 2. The Hall–Kier alpha value is -2.45. The Morgan fingerprint density at radius 2 is 1.95 bits per heavy atom. The second kappa shape index (κ2) is 5.15. The van der Waals surface area contributed by atoms with Crippen LogP contribution in [0.15, 0.2) is 36.4 Å². The lowest BCUT2D eigenvalue weighted by molar-refractivity contribution is 0.508. The quantitative estimate of drug-likeness (QED) is 0.673. The van der Waals surface area contributed by atoms with Gasteiger partial charge in [-0.25, -0.2) is 13.8 Å². The summed E-state index contributed by atoms with van der Waals surface area (Å²) in [5.74, 6) is -1.28. The van der Waals surface area contributed by atoms with Gasteiger partial charge >= 0.3 is 0 Å². The van der Waals surface area contributed by atoms with Gasteiger partial charge in [-0.05, 0) is 30.3 Å². The van der Waals surface area contributed by atoms with E-state index in [4.69, 9.17) is 16.9 Å². The van der Waals surface area contributed by atoms with Crippen molar-refractivity contribution in [3.05, 3.63) is 59.4 Å². The van der Waals surface area contributed by atoms with E-state index in [9.17, 15) is 8.78 Å². The Balaban J connectivity index is 2.33. The Labute approximate surface area is 124 Å². The molecule has 0 amide bonds. The molecule has 0 bridgehead atoms. The van der Waals surface area contributed by atoms with Crippen molar-refractivity contribution in [3.63, 3.8) is 0 Å². The lowest BCUT2D eigenvalue weighted by atomic mass is 10.2. The van der Waals surface area contributed by atoms with Crippen LogP contribution in [0.3, 0.4) is 0 Å². The number of benzene rings is 2. The standard InChI is InChI=1S/C15H8ClF2N3/c16-7-15-20-13-4-1-9(8-19)5-14(13)21(15)10-2-3-11(17)12(18)6-10/h1-6H,7H2. The second-order valence-electron chi connectivity index (χ2n) is 4.41. The molecule has 3 nitrogen and oxygen atoms in total. The molecule has 0 saturated carbocycles. The maximum Gasteiger partial charge on any atom is 0.160 e. The first-order valence-corrected chi connectivity index (χ1v) is 6.60. The maximum absolute atomic E-state index is 13.5. The molecule has 0 aliphatic rings. The molecule has 0 fully saturated rings. The first-order chi connectivity index (χ1) is 10.1. The second-order valence-corrected chi connectivity index (χ2v) is 4.68. The number of fused-ring (bicyclic) bond motifs is 1. The molecule has 3 rings (SSSR count). The van der Waals surface area contributed by atoms with Gasteiger partial charge in [0.1, 0.15) is 5.82 Å². The summed E-state index contributed by atoms with van der Waals surface area (Å²) < 4.78 is 28.2. The van der Waals surface area contributed by atoms with Gasteiger partial charge in [-0.2, -0.15) is 5.26 Å². The number of hydrogen-bond acceptors (Lipinski definition) is 2. The van der Waals surface area contributed by atoms with Crippen LogP contribution in [-0.4, -0.2) is 9.55 Å². The molecule has 1 aromatic heterocycles. The molecule has 0 atom stereocenters. The smallest absolute Gasteiger partial charge is 0.160 e. The molecule has 1 heterocycles. The summed E-state index contributed by atoms with van der Waals surface area (Å²) in [7, 11) is 0. The van der Waals surface area contributed by atoms with Gasteiger partial charge in [0.2, 0.25) is 0 Å². The van der Waals surface area contributed by atoms with Crippen molar-refractivity contribution < 1.29 is 8.78 Å². The fraction of sp³-hybridized carbons (Fsp3) is 0.0667. The Morgan fingerprint density at radius 3 is 2.62 bits per heavy atom. The zero-order chi connectivity index (χ0) is 15.0. The van der Waals surface area contributed by atoms with Gasteiger partial charge in [0, 0.05) is 6.07 Å². The highest BCUT2D eigenvalue weighted by atomic mass is 35.5. The predicted molar refractivity (Wildman–Crippen MR) is 75.3 cm³/mol. The van der Waals surface area contributed by atoms with Crippen LogP contribution in [0.1, 0.15) is 11.4 Å². The Kier molecular flexibility index (Phi) is 3.32. The molecule has 0 aliphatic carbocycles. The van der Waals surface area contributed by atoms with Crippen molar-refractivity contribution in [2.45, 2.75) is 5.88 Å². The lowest BCUT2D eigenvalue weighted by Gasteiger charge is -2.08. The summed E-state index contributed by atoms with van der Waals surface area (Å²) >= 11 is 5.88. The molecule has 0 N–H and O–H groups in total. The number of halogens is 3. The van der Waals surface area contributed by atoms with Crippen LogP contribution < -0.4 is 0 Å². The Bertz CT molecular complexity index is 880. The summed E-state index contributed by atoms with van der Waals surface area (Å²) in [6, 6.07) is 10.6. The van der Waals surface area contributed by atoms with Gasteiger partial charge in [0.05, 0.1) is 34.2 Å². The van der Waals surface area contributed by atoms with E-state index in [0.717, 1.165) is 12.1 Å². The number of imidazole rings is 1.